The molecule has 0 saturated heterocycles. The number of hydrogen-bond donors (Lipinski definition) is 2. The van der Waals surface area contributed by atoms with Crippen molar-refractivity contribution in [2.24, 2.45) is 0 Å². The SMILES string of the molecule is COc1cccc(NC(=O)CC(=O)NCc2ccco2)c1. The molecule has 0 bridgehead atoms. The van der Waals surface area contributed by atoms with Crippen LogP contribution in [0.25, 0.3) is 0 Å². The predicted octanol–water partition coefficient (Wildman–Crippen LogP) is 1.93. The lowest BCUT2D eigenvalue weighted by molar-refractivity contribution is -0.127. The van der Waals surface area contributed by atoms with Gasteiger partial charge in [-0.2, -0.15) is 0 Å². The molecule has 2 aromatic rings. The Balaban J connectivity index is 1.79. The maximum Gasteiger partial charge on any atom is 0.233 e. The molecule has 0 radical (unpaired) electrons. The third-order valence-electron chi connectivity index (χ3n) is 2.71. The Morgan fingerprint density at radius 3 is 2.76 bits per heavy atom. The summed E-state index contributed by atoms with van der Waals surface area (Å²) in [6.07, 6.45) is 1.27. The van der Waals surface area contributed by atoms with Gasteiger partial charge in [0.15, 0.2) is 0 Å². The van der Waals surface area contributed by atoms with Gasteiger partial charge >= 0.3 is 0 Å². The number of hydrogen-bond acceptors (Lipinski definition) is 4. The Labute approximate surface area is 122 Å². The highest BCUT2D eigenvalue weighted by Gasteiger charge is 2.10. The second kappa shape index (κ2) is 7.14. The van der Waals surface area contributed by atoms with Gasteiger partial charge in [0.1, 0.15) is 17.9 Å². The van der Waals surface area contributed by atoms with E-state index in [2.05, 4.69) is 10.6 Å². The van der Waals surface area contributed by atoms with Crippen molar-refractivity contribution in [2.75, 3.05) is 12.4 Å². The summed E-state index contributed by atoms with van der Waals surface area (Å²) in [5.41, 5.74) is 0.582. The molecule has 0 spiro atoms. The minimum absolute atomic E-state index is 0.252. The molecule has 0 aliphatic heterocycles. The van der Waals surface area contributed by atoms with Crippen LogP contribution in [0.1, 0.15) is 12.2 Å². The van der Waals surface area contributed by atoms with Gasteiger partial charge < -0.3 is 19.8 Å². The lowest BCUT2D eigenvalue weighted by Gasteiger charge is -2.07. The summed E-state index contributed by atoms with van der Waals surface area (Å²) >= 11 is 0. The van der Waals surface area contributed by atoms with E-state index >= 15 is 0 Å². The van der Waals surface area contributed by atoms with E-state index in [0.29, 0.717) is 17.2 Å². The van der Waals surface area contributed by atoms with Gasteiger partial charge in [-0.25, -0.2) is 0 Å². The van der Waals surface area contributed by atoms with Crippen LogP contribution in [0, 0.1) is 0 Å². The molecule has 21 heavy (non-hydrogen) atoms. The number of methoxy groups -OCH3 is 1. The second-order valence-electron chi connectivity index (χ2n) is 4.31. The highest BCUT2D eigenvalue weighted by Crippen LogP contribution is 2.16. The second-order valence-corrected chi connectivity index (χ2v) is 4.31. The monoisotopic (exact) mass is 288 g/mol. The fraction of sp³-hybridized carbons (Fsp3) is 0.200. The molecule has 1 aromatic heterocycles. The van der Waals surface area contributed by atoms with E-state index in [-0.39, 0.29) is 24.8 Å². The maximum absolute atomic E-state index is 11.7. The van der Waals surface area contributed by atoms with Crippen LogP contribution in [0.4, 0.5) is 5.69 Å². The summed E-state index contributed by atoms with van der Waals surface area (Å²) in [4.78, 5) is 23.4. The summed E-state index contributed by atoms with van der Waals surface area (Å²) in [6.45, 7) is 0.262. The van der Waals surface area contributed by atoms with Gasteiger partial charge in [0, 0.05) is 11.8 Å². The summed E-state index contributed by atoms with van der Waals surface area (Å²) < 4.78 is 10.1. The molecular formula is C15H16N2O4. The van der Waals surface area contributed by atoms with Crippen molar-refractivity contribution in [3.8, 4) is 5.75 Å². The summed E-state index contributed by atoms with van der Waals surface area (Å²) in [5.74, 6) is 0.513. The minimum atomic E-state index is -0.389. The topological polar surface area (TPSA) is 80.6 Å². The standard InChI is InChI=1S/C15H16N2O4/c1-20-12-5-2-4-11(8-12)17-15(19)9-14(18)16-10-13-6-3-7-21-13/h2-8H,9-10H2,1H3,(H,16,18)(H,17,19). The Hall–Kier alpha value is -2.76. The molecule has 1 aromatic carbocycles. The van der Waals surface area contributed by atoms with Crippen molar-refractivity contribution >= 4 is 17.5 Å². The molecule has 2 rings (SSSR count). The summed E-state index contributed by atoms with van der Waals surface area (Å²) in [5, 5.41) is 5.24. The largest absolute Gasteiger partial charge is 0.497 e. The first-order chi connectivity index (χ1) is 10.2. The predicted molar refractivity (Wildman–Crippen MR) is 76.8 cm³/mol. The molecule has 110 valence electrons. The molecular weight excluding hydrogens is 272 g/mol. The van der Waals surface area contributed by atoms with Crippen LogP contribution < -0.4 is 15.4 Å². The normalized spacial score (nSPS) is 9.95. The van der Waals surface area contributed by atoms with E-state index in [9.17, 15) is 9.59 Å². The Morgan fingerprint density at radius 2 is 2.05 bits per heavy atom. The van der Waals surface area contributed by atoms with Crippen molar-refractivity contribution in [3.63, 3.8) is 0 Å². The number of ether oxygens (including phenoxy) is 1. The number of carbonyl (C=O) groups excluding carboxylic acids is 2. The van der Waals surface area contributed by atoms with Crippen LogP contribution in [0.15, 0.2) is 47.1 Å². The molecule has 0 saturated carbocycles. The Bertz CT molecular complexity index is 608. The summed E-state index contributed by atoms with van der Waals surface area (Å²) in [7, 11) is 1.54. The molecule has 0 aliphatic carbocycles. The molecule has 2 N–H and O–H groups in total. The van der Waals surface area contributed by atoms with Crippen molar-refractivity contribution in [2.45, 2.75) is 13.0 Å². The van der Waals surface area contributed by atoms with E-state index in [0.717, 1.165) is 0 Å². The van der Waals surface area contributed by atoms with Crippen LogP contribution >= 0.6 is 0 Å². The molecule has 6 heteroatoms. The van der Waals surface area contributed by atoms with Gasteiger partial charge in [-0.1, -0.05) is 6.07 Å². The third kappa shape index (κ3) is 4.68. The van der Waals surface area contributed by atoms with Gasteiger partial charge in [-0.05, 0) is 24.3 Å². The number of rotatable bonds is 6. The van der Waals surface area contributed by atoms with Gasteiger partial charge in [-0.3, -0.25) is 9.59 Å². The van der Waals surface area contributed by atoms with Crippen molar-refractivity contribution < 1.29 is 18.7 Å². The molecule has 0 atom stereocenters. The van der Waals surface area contributed by atoms with Crippen molar-refractivity contribution in [3.05, 3.63) is 48.4 Å². The molecule has 2 amide bonds. The number of nitrogens with one attached hydrogen (secondary N) is 2. The first kappa shape index (κ1) is 14.6. The fourth-order valence-corrected chi connectivity index (χ4v) is 1.71. The average molecular weight is 288 g/mol. The van der Waals surface area contributed by atoms with Crippen molar-refractivity contribution in [1.29, 1.82) is 0 Å². The lowest BCUT2D eigenvalue weighted by atomic mass is 10.3. The fourth-order valence-electron chi connectivity index (χ4n) is 1.71. The highest BCUT2D eigenvalue weighted by atomic mass is 16.5. The quantitative estimate of drug-likeness (QED) is 0.796. The smallest absolute Gasteiger partial charge is 0.233 e. The van der Waals surface area contributed by atoms with E-state index in [4.69, 9.17) is 9.15 Å². The zero-order valence-electron chi connectivity index (χ0n) is 11.6. The van der Waals surface area contributed by atoms with Gasteiger partial charge in [0.25, 0.3) is 0 Å². The Kier molecular flexibility index (Phi) is 4.98. The van der Waals surface area contributed by atoms with E-state index in [1.807, 2.05) is 0 Å². The van der Waals surface area contributed by atoms with Gasteiger partial charge in [-0.15, -0.1) is 0 Å². The average Bonchev–Trinajstić information content (AvgIpc) is 2.98. The van der Waals surface area contributed by atoms with Gasteiger partial charge in [0.2, 0.25) is 11.8 Å². The molecule has 0 fully saturated rings. The maximum atomic E-state index is 11.7. The first-order valence-corrected chi connectivity index (χ1v) is 6.40. The van der Waals surface area contributed by atoms with Crippen LogP contribution in [-0.4, -0.2) is 18.9 Å². The molecule has 0 unspecified atom stereocenters. The molecule has 0 aliphatic rings. The Morgan fingerprint density at radius 1 is 1.19 bits per heavy atom. The number of carbonyl (C=O) groups is 2. The first-order valence-electron chi connectivity index (χ1n) is 6.40. The zero-order chi connectivity index (χ0) is 15.1. The van der Waals surface area contributed by atoms with E-state index in [1.165, 1.54) is 6.26 Å². The highest BCUT2D eigenvalue weighted by molar-refractivity contribution is 6.03. The van der Waals surface area contributed by atoms with Crippen LogP contribution in [0.3, 0.4) is 0 Å². The van der Waals surface area contributed by atoms with Crippen LogP contribution in [-0.2, 0) is 16.1 Å². The van der Waals surface area contributed by atoms with Crippen molar-refractivity contribution in [1.82, 2.24) is 5.32 Å². The summed E-state index contributed by atoms with van der Waals surface area (Å²) in [6, 6.07) is 10.4. The van der Waals surface area contributed by atoms with E-state index in [1.54, 1.807) is 43.5 Å². The third-order valence-corrected chi connectivity index (χ3v) is 2.71. The zero-order valence-corrected chi connectivity index (χ0v) is 11.6. The number of anilines is 1. The number of furan rings is 1. The van der Waals surface area contributed by atoms with Crippen LogP contribution in [0.2, 0.25) is 0 Å². The minimum Gasteiger partial charge on any atom is -0.497 e. The van der Waals surface area contributed by atoms with Gasteiger partial charge in [0.05, 0.1) is 19.9 Å². The lowest BCUT2D eigenvalue weighted by Crippen LogP contribution is -2.27. The molecule has 1 heterocycles. The van der Waals surface area contributed by atoms with E-state index < -0.39 is 0 Å². The number of amides is 2. The van der Waals surface area contributed by atoms with Crippen LogP contribution in [0.5, 0.6) is 5.75 Å². The number of benzene rings is 1. The molecule has 6 nitrogen and oxygen atoms in total.